The van der Waals surface area contributed by atoms with Crippen molar-refractivity contribution in [2.45, 2.75) is 25.5 Å². The van der Waals surface area contributed by atoms with E-state index in [-0.39, 0.29) is 6.10 Å². The first-order chi connectivity index (χ1) is 12.1. The molecule has 0 saturated carbocycles. The second-order valence-corrected chi connectivity index (χ2v) is 7.02. The Kier molecular flexibility index (Phi) is 6.24. The SMILES string of the molecule is Clc1ccc(CCC(Cn2ccnc2)Oc2cc(Cl)ccc2Cl)cc1. The number of benzene rings is 2. The third-order valence-electron chi connectivity index (χ3n) is 3.83. The first-order valence-corrected chi connectivity index (χ1v) is 9.05. The zero-order chi connectivity index (χ0) is 17.6. The molecule has 0 bridgehead atoms. The molecule has 1 heterocycles. The van der Waals surface area contributed by atoms with Crippen molar-refractivity contribution in [2.75, 3.05) is 0 Å². The van der Waals surface area contributed by atoms with Crippen LogP contribution in [0.1, 0.15) is 12.0 Å². The Hall–Kier alpha value is -1.68. The van der Waals surface area contributed by atoms with Crippen LogP contribution in [0, 0.1) is 0 Å². The van der Waals surface area contributed by atoms with Gasteiger partial charge in [-0.3, -0.25) is 0 Å². The molecule has 0 fully saturated rings. The largest absolute Gasteiger partial charge is 0.487 e. The van der Waals surface area contributed by atoms with Crippen LogP contribution in [0.25, 0.3) is 0 Å². The molecule has 0 saturated heterocycles. The van der Waals surface area contributed by atoms with E-state index >= 15 is 0 Å². The van der Waals surface area contributed by atoms with Crippen LogP contribution in [0.3, 0.4) is 0 Å². The monoisotopic (exact) mass is 394 g/mol. The zero-order valence-electron chi connectivity index (χ0n) is 13.4. The number of halogens is 3. The Balaban J connectivity index is 1.72. The molecule has 0 radical (unpaired) electrons. The van der Waals surface area contributed by atoms with E-state index < -0.39 is 0 Å². The van der Waals surface area contributed by atoms with E-state index in [0.717, 1.165) is 17.9 Å². The highest BCUT2D eigenvalue weighted by atomic mass is 35.5. The molecular formula is C19H17Cl3N2O. The Labute approximate surface area is 162 Å². The van der Waals surface area contributed by atoms with Gasteiger partial charge in [0, 0.05) is 28.5 Å². The first-order valence-electron chi connectivity index (χ1n) is 7.92. The number of aryl methyl sites for hydroxylation is 1. The van der Waals surface area contributed by atoms with E-state index in [1.54, 1.807) is 30.7 Å². The summed E-state index contributed by atoms with van der Waals surface area (Å²) in [4.78, 5) is 4.09. The number of nitrogens with zero attached hydrogens (tertiary/aromatic N) is 2. The Morgan fingerprint density at radius 2 is 1.76 bits per heavy atom. The van der Waals surface area contributed by atoms with E-state index in [9.17, 15) is 0 Å². The molecule has 3 rings (SSSR count). The van der Waals surface area contributed by atoms with Crippen LogP contribution in [-0.2, 0) is 13.0 Å². The van der Waals surface area contributed by atoms with Crippen LogP contribution in [0.5, 0.6) is 5.75 Å². The van der Waals surface area contributed by atoms with E-state index in [1.165, 1.54) is 5.56 Å². The van der Waals surface area contributed by atoms with Crippen molar-refractivity contribution in [1.82, 2.24) is 9.55 Å². The van der Waals surface area contributed by atoms with E-state index in [1.807, 2.05) is 35.0 Å². The molecule has 3 aromatic rings. The lowest BCUT2D eigenvalue weighted by Gasteiger charge is -2.21. The van der Waals surface area contributed by atoms with Crippen molar-refractivity contribution in [3.05, 3.63) is 81.8 Å². The van der Waals surface area contributed by atoms with Gasteiger partial charge in [-0.1, -0.05) is 46.9 Å². The van der Waals surface area contributed by atoms with Crippen LogP contribution in [0.4, 0.5) is 0 Å². The van der Waals surface area contributed by atoms with Gasteiger partial charge in [0.2, 0.25) is 0 Å². The molecule has 0 aliphatic rings. The number of hydrogen-bond acceptors (Lipinski definition) is 2. The quantitative estimate of drug-likeness (QED) is 0.496. The smallest absolute Gasteiger partial charge is 0.139 e. The van der Waals surface area contributed by atoms with Crippen LogP contribution >= 0.6 is 34.8 Å². The minimum atomic E-state index is -0.0687. The molecule has 25 heavy (non-hydrogen) atoms. The average molecular weight is 396 g/mol. The summed E-state index contributed by atoms with van der Waals surface area (Å²) in [6, 6.07) is 13.1. The topological polar surface area (TPSA) is 27.1 Å². The predicted octanol–water partition coefficient (Wildman–Crippen LogP) is 5.92. The molecule has 6 heteroatoms. The highest BCUT2D eigenvalue weighted by Gasteiger charge is 2.14. The van der Waals surface area contributed by atoms with Crippen molar-refractivity contribution in [3.63, 3.8) is 0 Å². The maximum atomic E-state index is 6.24. The van der Waals surface area contributed by atoms with Crippen molar-refractivity contribution < 1.29 is 4.74 Å². The first kappa shape index (κ1) is 18.1. The molecule has 130 valence electrons. The molecule has 1 unspecified atom stereocenters. The normalized spacial score (nSPS) is 12.1. The number of hydrogen-bond donors (Lipinski definition) is 0. The summed E-state index contributed by atoms with van der Waals surface area (Å²) in [7, 11) is 0. The van der Waals surface area contributed by atoms with Gasteiger partial charge >= 0.3 is 0 Å². The number of aromatic nitrogens is 2. The van der Waals surface area contributed by atoms with E-state index in [0.29, 0.717) is 22.3 Å². The lowest BCUT2D eigenvalue weighted by molar-refractivity contribution is 0.170. The predicted molar refractivity (Wildman–Crippen MR) is 103 cm³/mol. The van der Waals surface area contributed by atoms with E-state index in [2.05, 4.69) is 4.98 Å². The molecule has 0 spiro atoms. The number of imidazole rings is 1. The number of ether oxygens (including phenoxy) is 1. The Morgan fingerprint density at radius 3 is 2.48 bits per heavy atom. The Bertz CT molecular complexity index is 804. The molecule has 0 amide bonds. The minimum absolute atomic E-state index is 0.0687. The summed E-state index contributed by atoms with van der Waals surface area (Å²) in [5.74, 6) is 0.593. The lowest BCUT2D eigenvalue weighted by Crippen LogP contribution is -2.23. The van der Waals surface area contributed by atoms with Crippen LogP contribution < -0.4 is 4.74 Å². The fourth-order valence-electron chi connectivity index (χ4n) is 2.54. The fourth-order valence-corrected chi connectivity index (χ4v) is 2.99. The second-order valence-electron chi connectivity index (χ2n) is 5.74. The highest BCUT2D eigenvalue weighted by molar-refractivity contribution is 6.34. The molecule has 1 aromatic heterocycles. The third kappa shape index (κ3) is 5.40. The zero-order valence-corrected chi connectivity index (χ0v) is 15.7. The maximum Gasteiger partial charge on any atom is 0.139 e. The van der Waals surface area contributed by atoms with Crippen molar-refractivity contribution >= 4 is 34.8 Å². The summed E-state index contributed by atoms with van der Waals surface area (Å²) in [5.41, 5.74) is 1.21. The summed E-state index contributed by atoms with van der Waals surface area (Å²) in [6.45, 7) is 0.677. The summed E-state index contributed by atoms with van der Waals surface area (Å²) in [6.07, 6.45) is 7.07. The van der Waals surface area contributed by atoms with E-state index in [4.69, 9.17) is 39.5 Å². The van der Waals surface area contributed by atoms with Crippen molar-refractivity contribution in [2.24, 2.45) is 0 Å². The molecular weight excluding hydrogens is 379 g/mol. The van der Waals surface area contributed by atoms with Gasteiger partial charge in [0.05, 0.1) is 17.9 Å². The van der Waals surface area contributed by atoms with Gasteiger partial charge in [0.25, 0.3) is 0 Å². The van der Waals surface area contributed by atoms with Gasteiger partial charge in [-0.2, -0.15) is 0 Å². The molecule has 0 aliphatic heterocycles. The molecule has 0 aliphatic carbocycles. The third-order valence-corrected chi connectivity index (χ3v) is 4.63. The van der Waals surface area contributed by atoms with Crippen LogP contribution in [0.15, 0.2) is 61.2 Å². The summed E-state index contributed by atoms with van der Waals surface area (Å²) >= 11 is 18.3. The minimum Gasteiger partial charge on any atom is -0.487 e. The highest BCUT2D eigenvalue weighted by Crippen LogP contribution is 2.29. The lowest BCUT2D eigenvalue weighted by atomic mass is 10.1. The summed E-state index contributed by atoms with van der Waals surface area (Å²) in [5, 5.41) is 1.88. The van der Waals surface area contributed by atoms with Crippen LogP contribution in [-0.4, -0.2) is 15.7 Å². The van der Waals surface area contributed by atoms with Gasteiger partial charge in [-0.25, -0.2) is 4.98 Å². The van der Waals surface area contributed by atoms with Gasteiger partial charge in [-0.05, 0) is 42.7 Å². The van der Waals surface area contributed by atoms with Gasteiger partial charge in [0.1, 0.15) is 11.9 Å². The number of rotatable bonds is 7. The average Bonchev–Trinajstić information content (AvgIpc) is 3.10. The van der Waals surface area contributed by atoms with Crippen LogP contribution in [0.2, 0.25) is 15.1 Å². The second kappa shape index (κ2) is 8.61. The van der Waals surface area contributed by atoms with Crippen molar-refractivity contribution in [3.8, 4) is 5.75 Å². The van der Waals surface area contributed by atoms with Gasteiger partial charge in [-0.15, -0.1) is 0 Å². The van der Waals surface area contributed by atoms with Crippen molar-refractivity contribution in [1.29, 1.82) is 0 Å². The molecule has 1 atom stereocenters. The maximum absolute atomic E-state index is 6.24. The van der Waals surface area contributed by atoms with Gasteiger partial charge < -0.3 is 9.30 Å². The fraction of sp³-hybridized carbons (Fsp3) is 0.211. The van der Waals surface area contributed by atoms with Gasteiger partial charge in [0.15, 0.2) is 0 Å². The Morgan fingerprint density at radius 1 is 1.00 bits per heavy atom. The molecule has 3 nitrogen and oxygen atoms in total. The summed E-state index contributed by atoms with van der Waals surface area (Å²) < 4.78 is 8.14. The molecule has 2 aromatic carbocycles. The standard InChI is InChI=1S/C19H17Cl3N2O/c20-15-4-1-14(2-5-15)3-7-17(12-24-10-9-23-13-24)25-19-11-16(21)6-8-18(19)22/h1-2,4-6,8-11,13,17H,3,7,12H2. The molecule has 0 N–H and O–H groups in total.